The smallest absolute Gasteiger partial charge is 0.159 e. The first-order chi connectivity index (χ1) is 6.75. The lowest BCUT2D eigenvalue weighted by atomic mass is 9.96. The van der Waals surface area contributed by atoms with Gasteiger partial charge < -0.3 is 10.5 Å². The molecule has 1 fully saturated rings. The number of nitrogens with two attached hydrogens (primary N) is 1. The van der Waals surface area contributed by atoms with Crippen LogP contribution in [0.1, 0.15) is 19.3 Å². The van der Waals surface area contributed by atoms with E-state index in [-0.39, 0.29) is 0 Å². The number of nitrogens with zero attached hydrogens (tertiary/aromatic N) is 2. The van der Waals surface area contributed by atoms with Crippen molar-refractivity contribution in [3.63, 3.8) is 0 Å². The van der Waals surface area contributed by atoms with Gasteiger partial charge in [-0.15, -0.1) is 0 Å². The van der Waals surface area contributed by atoms with Gasteiger partial charge >= 0.3 is 0 Å². The van der Waals surface area contributed by atoms with E-state index >= 15 is 0 Å². The monoisotopic (exact) mass is 259 g/mol. The van der Waals surface area contributed by atoms with Crippen LogP contribution in [0, 0.1) is 0 Å². The molecule has 1 aliphatic rings. The fraction of sp³-hybridized carbons (Fsp3) is 0.667. The zero-order valence-electron chi connectivity index (χ0n) is 7.95. The van der Waals surface area contributed by atoms with Crippen LogP contribution < -0.4 is 5.73 Å². The molecule has 1 heterocycles. The van der Waals surface area contributed by atoms with Crippen LogP contribution in [0.3, 0.4) is 0 Å². The van der Waals surface area contributed by atoms with Crippen LogP contribution in [-0.2, 0) is 11.3 Å². The summed E-state index contributed by atoms with van der Waals surface area (Å²) in [6.07, 6.45) is 6.10. The van der Waals surface area contributed by atoms with Gasteiger partial charge in [0.1, 0.15) is 0 Å². The highest BCUT2D eigenvalue weighted by Crippen LogP contribution is 2.22. The van der Waals surface area contributed by atoms with Crippen molar-refractivity contribution in [2.24, 2.45) is 0 Å². The summed E-state index contributed by atoms with van der Waals surface area (Å²) in [4.78, 5) is 0. The van der Waals surface area contributed by atoms with Crippen LogP contribution in [0.15, 0.2) is 10.7 Å². The quantitative estimate of drug-likeness (QED) is 0.898. The molecule has 0 amide bonds. The molecule has 0 aliphatic heterocycles. The summed E-state index contributed by atoms with van der Waals surface area (Å²) in [6.45, 7) is 1.49. The maximum atomic E-state index is 5.61. The van der Waals surface area contributed by atoms with Crippen molar-refractivity contribution in [3.05, 3.63) is 10.7 Å². The van der Waals surface area contributed by atoms with Gasteiger partial charge in [-0.25, -0.2) is 0 Å². The second kappa shape index (κ2) is 4.31. The molecule has 0 spiro atoms. The molecule has 1 saturated carbocycles. The van der Waals surface area contributed by atoms with Gasteiger partial charge in [-0.1, -0.05) is 0 Å². The number of hydrogen-bond donors (Lipinski definition) is 1. The Hall–Kier alpha value is -0.550. The summed E-state index contributed by atoms with van der Waals surface area (Å²) < 4.78 is 8.27. The van der Waals surface area contributed by atoms with E-state index in [4.69, 9.17) is 10.5 Å². The van der Waals surface area contributed by atoms with Gasteiger partial charge in [-0.05, 0) is 35.2 Å². The Kier molecular flexibility index (Phi) is 3.08. The molecule has 0 saturated heterocycles. The van der Waals surface area contributed by atoms with Gasteiger partial charge in [0.15, 0.2) is 5.82 Å². The lowest BCUT2D eigenvalue weighted by molar-refractivity contribution is -0.00232. The third-order valence-electron chi connectivity index (χ3n) is 2.47. The minimum absolute atomic E-state index is 0.492. The van der Waals surface area contributed by atoms with Gasteiger partial charge in [0.2, 0.25) is 0 Å². The molecule has 2 rings (SSSR count). The predicted octanol–water partition coefficient (Wildman–Crippen LogP) is 1.80. The molecule has 0 bridgehead atoms. The molecule has 0 unspecified atom stereocenters. The fourth-order valence-corrected chi connectivity index (χ4v) is 1.69. The largest absolute Gasteiger partial charge is 0.381 e. The highest BCUT2D eigenvalue weighted by molar-refractivity contribution is 9.10. The second-order valence-electron chi connectivity index (χ2n) is 3.55. The van der Waals surface area contributed by atoms with E-state index in [1.165, 1.54) is 19.3 Å². The first kappa shape index (κ1) is 9.98. The average Bonchev–Trinajstić information content (AvgIpc) is 2.37. The molecular formula is C9H14BrN3O. The average molecular weight is 260 g/mol. The van der Waals surface area contributed by atoms with Crippen LogP contribution in [0.5, 0.6) is 0 Å². The van der Waals surface area contributed by atoms with Crippen molar-refractivity contribution < 1.29 is 4.74 Å². The summed E-state index contributed by atoms with van der Waals surface area (Å²) >= 11 is 3.31. The molecule has 1 aliphatic carbocycles. The third-order valence-corrected chi connectivity index (χ3v) is 3.08. The van der Waals surface area contributed by atoms with Crippen molar-refractivity contribution >= 4 is 21.7 Å². The highest BCUT2D eigenvalue weighted by Gasteiger charge is 2.17. The molecule has 1 aromatic heterocycles. The number of anilines is 1. The standard InChI is InChI=1S/C9H14BrN3O/c10-8-6-13(12-9(8)11)4-5-14-7-2-1-3-7/h6-7H,1-5H2,(H2,11,12). The number of halogens is 1. The van der Waals surface area contributed by atoms with Crippen molar-refractivity contribution in [1.29, 1.82) is 0 Å². The van der Waals surface area contributed by atoms with Crippen LogP contribution in [0.4, 0.5) is 5.82 Å². The molecule has 2 N–H and O–H groups in total. The zero-order valence-corrected chi connectivity index (χ0v) is 9.53. The van der Waals surface area contributed by atoms with Gasteiger partial charge in [0.25, 0.3) is 0 Å². The summed E-state index contributed by atoms with van der Waals surface area (Å²) in [7, 11) is 0. The Morgan fingerprint density at radius 2 is 2.43 bits per heavy atom. The molecule has 0 radical (unpaired) electrons. The van der Waals surface area contributed by atoms with E-state index in [0.29, 0.717) is 11.9 Å². The first-order valence-corrected chi connectivity index (χ1v) is 5.65. The van der Waals surface area contributed by atoms with Crippen LogP contribution >= 0.6 is 15.9 Å². The van der Waals surface area contributed by atoms with Gasteiger partial charge in [0, 0.05) is 6.20 Å². The molecule has 4 nitrogen and oxygen atoms in total. The molecule has 0 aromatic carbocycles. The van der Waals surface area contributed by atoms with E-state index in [1.54, 1.807) is 4.68 Å². The van der Waals surface area contributed by atoms with Gasteiger partial charge in [0.05, 0.1) is 23.7 Å². The predicted molar refractivity (Wildman–Crippen MR) is 57.9 cm³/mol. The molecule has 78 valence electrons. The van der Waals surface area contributed by atoms with Crippen molar-refractivity contribution in [2.45, 2.75) is 31.9 Å². The van der Waals surface area contributed by atoms with E-state index in [1.807, 2.05) is 6.20 Å². The number of rotatable bonds is 4. The Morgan fingerprint density at radius 1 is 1.64 bits per heavy atom. The summed E-state index contributed by atoms with van der Waals surface area (Å²) in [5.74, 6) is 0.536. The third kappa shape index (κ3) is 2.27. The van der Waals surface area contributed by atoms with E-state index in [9.17, 15) is 0 Å². The zero-order chi connectivity index (χ0) is 9.97. The first-order valence-electron chi connectivity index (χ1n) is 4.86. The Labute approximate surface area is 91.5 Å². The summed E-state index contributed by atoms with van der Waals surface area (Å²) in [5, 5.41) is 4.12. The number of aromatic nitrogens is 2. The maximum Gasteiger partial charge on any atom is 0.159 e. The van der Waals surface area contributed by atoms with E-state index in [2.05, 4.69) is 21.0 Å². The van der Waals surface area contributed by atoms with Gasteiger partial charge in [-0.2, -0.15) is 5.10 Å². The summed E-state index contributed by atoms with van der Waals surface area (Å²) in [6, 6.07) is 0. The number of ether oxygens (including phenoxy) is 1. The van der Waals surface area contributed by atoms with Crippen LogP contribution in [-0.4, -0.2) is 22.5 Å². The van der Waals surface area contributed by atoms with Crippen LogP contribution in [0.2, 0.25) is 0 Å². The molecule has 5 heteroatoms. The van der Waals surface area contributed by atoms with E-state index < -0.39 is 0 Å². The lowest BCUT2D eigenvalue weighted by Gasteiger charge is -2.25. The molecular weight excluding hydrogens is 246 g/mol. The van der Waals surface area contributed by atoms with Crippen molar-refractivity contribution in [3.8, 4) is 0 Å². The van der Waals surface area contributed by atoms with E-state index in [0.717, 1.165) is 17.6 Å². The Morgan fingerprint density at radius 3 is 2.93 bits per heavy atom. The minimum Gasteiger partial charge on any atom is -0.381 e. The Bertz CT molecular complexity index is 290. The lowest BCUT2D eigenvalue weighted by Crippen LogP contribution is -2.23. The van der Waals surface area contributed by atoms with Crippen molar-refractivity contribution in [1.82, 2.24) is 9.78 Å². The summed E-state index contributed by atoms with van der Waals surface area (Å²) in [5.41, 5.74) is 5.59. The normalized spacial score (nSPS) is 16.9. The van der Waals surface area contributed by atoms with Crippen molar-refractivity contribution in [2.75, 3.05) is 12.3 Å². The fourth-order valence-electron chi connectivity index (χ4n) is 1.38. The minimum atomic E-state index is 0.492. The van der Waals surface area contributed by atoms with Crippen LogP contribution in [0.25, 0.3) is 0 Å². The number of hydrogen-bond acceptors (Lipinski definition) is 3. The molecule has 14 heavy (non-hydrogen) atoms. The van der Waals surface area contributed by atoms with Gasteiger partial charge in [-0.3, -0.25) is 4.68 Å². The molecule has 0 atom stereocenters. The Balaban J connectivity index is 1.74. The SMILES string of the molecule is Nc1nn(CCOC2CCC2)cc1Br. The second-order valence-corrected chi connectivity index (χ2v) is 4.40. The maximum absolute atomic E-state index is 5.61. The highest BCUT2D eigenvalue weighted by atomic mass is 79.9. The topological polar surface area (TPSA) is 53.1 Å². The number of nitrogen functional groups attached to an aromatic ring is 1. The molecule has 1 aromatic rings.